The van der Waals surface area contributed by atoms with E-state index < -0.39 is 0 Å². The number of hydrogen-bond acceptors (Lipinski definition) is 0. The highest BCUT2D eigenvalue weighted by Crippen LogP contribution is 2.39. The maximum atomic E-state index is 2.37. The minimum atomic E-state index is 1.23. The van der Waals surface area contributed by atoms with Crippen LogP contribution in [0.1, 0.15) is 0 Å². The molecule has 204 valence electrons. The van der Waals surface area contributed by atoms with E-state index in [4.69, 9.17) is 0 Å². The quantitative estimate of drug-likeness (QED) is 0.190. The van der Waals surface area contributed by atoms with Crippen molar-refractivity contribution in [2.45, 2.75) is 0 Å². The van der Waals surface area contributed by atoms with Gasteiger partial charge in [0.25, 0.3) is 0 Å². The molecule has 0 aliphatic heterocycles. The summed E-state index contributed by atoms with van der Waals surface area (Å²) in [5, 5.41) is 12.8. The fourth-order valence-corrected chi connectivity index (χ4v) is 6.96. The van der Waals surface area contributed by atoms with Crippen molar-refractivity contribution in [1.82, 2.24) is 0 Å². The summed E-state index contributed by atoms with van der Waals surface area (Å²) in [5.74, 6) is 0. The average molecular weight is 557 g/mol. The molecule has 0 heterocycles. The second-order valence-electron chi connectivity index (χ2n) is 11.8. The monoisotopic (exact) mass is 556 g/mol. The normalized spacial score (nSPS) is 11.6. The van der Waals surface area contributed by atoms with Crippen molar-refractivity contribution in [1.29, 1.82) is 0 Å². The van der Waals surface area contributed by atoms with Crippen LogP contribution in [-0.4, -0.2) is 0 Å². The summed E-state index contributed by atoms with van der Waals surface area (Å²) in [6, 6.07) is 62.4. The molecular weight excluding hydrogens is 528 g/mol. The van der Waals surface area contributed by atoms with Gasteiger partial charge in [0.05, 0.1) is 0 Å². The molecule has 0 aliphatic carbocycles. The van der Waals surface area contributed by atoms with Gasteiger partial charge in [-0.2, -0.15) is 0 Å². The first-order valence-corrected chi connectivity index (χ1v) is 15.3. The highest BCUT2D eigenvalue weighted by Gasteiger charge is 2.12. The molecule has 0 aromatic heterocycles. The van der Waals surface area contributed by atoms with Gasteiger partial charge in [-0.3, -0.25) is 0 Å². The molecule has 44 heavy (non-hydrogen) atoms. The highest BCUT2D eigenvalue weighted by molar-refractivity contribution is 6.23. The molecule has 0 atom stereocenters. The Bertz CT molecular complexity index is 2550. The molecule has 0 heteroatoms. The van der Waals surface area contributed by atoms with E-state index >= 15 is 0 Å². The molecule has 9 rings (SSSR count). The Morgan fingerprint density at radius 1 is 0.227 bits per heavy atom. The Hall–Kier alpha value is -5.72. The van der Waals surface area contributed by atoms with E-state index in [-0.39, 0.29) is 0 Å². The zero-order chi connectivity index (χ0) is 29.0. The van der Waals surface area contributed by atoms with Crippen molar-refractivity contribution < 1.29 is 0 Å². The van der Waals surface area contributed by atoms with Crippen LogP contribution in [0, 0.1) is 0 Å². The van der Waals surface area contributed by atoms with Crippen molar-refractivity contribution >= 4 is 53.9 Å². The third-order valence-corrected chi connectivity index (χ3v) is 9.18. The van der Waals surface area contributed by atoms with Gasteiger partial charge in [0.1, 0.15) is 0 Å². The first-order valence-electron chi connectivity index (χ1n) is 15.3. The van der Waals surface area contributed by atoms with Crippen LogP contribution in [0.4, 0.5) is 0 Å². The zero-order valence-corrected chi connectivity index (χ0v) is 24.2. The van der Waals surface area contributed by atoms with Crippen molar-refractivity contribution in [3.8, 4) is 33.4 Å². The average Bonchev–Trinajstić information content (AvgIpc) is 3.10. The molecule has 0 spiro atoms. The summed E-state index contributed by atoms with van der Waals surface area (Å²) in [4.78, 5) is 0. The minimum Gasteiger partial charge on any atom is -0.0616 e. The maximum absolute atomic E-state index is 2.37. The Kier molecular flexibility index (Phi) is 5.61. The number of hydrogen-bond donors (Lipinski definition) is 0. The number of rotatable bonds is 3. The molecule has 9 aromatic carbocycles. The maximum Gasteiger partial charge on any atom is -0.00264 e. The molecule has 0 bridgehead atoms. The molecule has 0 N–H and O–H groups in total. The minimum absolute atomic E-state index is 1.23. The Labute approximate surface area is 256 Å². The van der Waals surface area contributed by atoms with Crippen LogP contribution < -0.4 is 0 Å². The van der Waals surface area contributed by atoms with Crippen LogP contribution in [0.2, 0.25) is 0 Å². The number of benzene rings is 9. The highest BCUT2D eigenvalue weighted by atomic mass is 14.2. The Morgan fingerprint density at radius 3 is 1.43 bits per heavy atom. The lowest BCUT2D eigenvalue weighted by atomic mass is 9.89. The van der Waals surface area contributed by atoms with Crippen LogP contribution in [0.25, 0.3) is 87.2 Å². The van der Waals surface area contributed by atoms with Crippen molar-refractivity contribution in [3.05, 3.63) is 170 Å². The second-order valence-corrected chi connectivity index (χ2v) is 11.8. The smallest absolute Gasteiger partial charge is 0.00264 e. The summed E-state index contributed by atoms with van der Waals surface area (Å²) in [5.41, 5.74) is 7.46. The lowest BCUT2D eigenvalue weighted by Gasteiger charge is -2.14. The Morgan fingerprint density at radius 2 is 0.705 bits per heavy atom. The zero-order valence-electron chi connectivity index (χ0n) is 24.2. The van der Waals surface area contributed by atoms with E-state index in [0.717, 1.165) is 0 Å². The molecule has 0 aliphatic rings. The van der Waals surface area contributed by atoms with Crippen LogP contribution in [0.3, 0.4) is 0 Å². The van der Waals surface area contributed by atoms with Crippen LogP contribution in [0.15, 0.2) is 170 Å². The summed E-state index contributed by atoms with van der Waals surface area (Å²) in [7, 11) is 0. The number of fused-ring (bicyclic) bond motifs is 7. The van der Waals surface area contributed by atoms with Gasteiger partial charge in [0.2, 0.25) is 0 Å². The SMILES string of the molecule is c1cc(-c2ccc3cc(-c4ccc5ccccc5c4)ccc3c2)cc(-c2cc3ccc4ccccc4c3c3ccccc23)c1. The summed E-state index contributed by atoms with van der Waals surface area (Å²) in [6.45, 7) is 0. The Balaban J connectivity index is 1.13. The molecule has 0 saturated heterocycles. The van der Waals surface area contributed by atoms with Crippen LogP contribution >= 0.6 is 0 Å². The van der Waals surface area contributed by atoms with E-state index in [0.29, 0.717) is 0 Å². The van der Waals surface area contributed by atoms with E-state index in [1.807, 2.05) is 0 Å². The van der Waals surface area contributed by atoms with Gasteiger partial charge >= 0.3 is 0 Å². The molecule has 0 amide bonds. The molecule has 9 aromatic rings. The molecule has 0 nitrogen and oxygen atoms in total. The van der Waals surface area contributed by atoms with Gasteiger partial charge in [-0.1, -0.05) is 140 Å². The third kappa shape index (κ3) is 4.07. The summed E-state index contributed by atoms with van der Waals surface area (Å²) < 4.78 is 0. The van der Waals surface area contributed by atoms with E-state index in [1.165, 1.54) is 87.2 Å². The molecular formula is C44H28. The fraction of sp³-hybridized carbons (Fsp3) is 0. The van der Waals surface area contributed by atoms with Crippen LogP contribution in [-0.2, 0) is 0 Å². The fourth-order valence-electron chi connectivity index (χ4n) is 6.96. The lowest BCUT2D eigenvalue weighted by molar-refractivity contribution is 1.62. The lowest BCUT2D eigenvalue weighted by Crippen LogP contribution is -1.87. The van der Waals surface area contributed by atoms with E-state index in [9.17, 15) is 0 Å². The largest absolute Gasteiger partial charge is 0.0616 e. The first-order chi connectivity index (χ1) is 21.8. The first kappa shape index (κ1) is 24.8. The van der Waals surface area contributed by atoms with Gasteiger partial charge in [0, 0.05) is 0 Å². The van der Waals surface area contributed by atoms with Crippen molar-refractivity contribution in [2.24, 2.45) is 0 Å². The molecule has 0 unspecified atom stereocenters. The van der Waals surface area contributed by atoms with E-state index in [2.05, 4.69) is 170 Å². The topological polar surface area (TPSA) is 0 Å². The van der Waals surface area contributed by atoms with Crippen molar-refractivity contribution in [3.63, 3.8) is 0 Å². The predicted octanol–water partition coefficient (Wildman–Crippen LogP) is 12.5. The second kappa shape index (κ2) is 9.93. The van der Waals surface area contributed by atoms with Gasteiger partial charge in [0.15, 0.2) is 0 Å². The van der Waals surface area contributed by atoms with Crippen LogP contribution in [0.5, 0.6) is 0 Å². The van der Waals surface area contributed by atoms with Gasteiger partial charge in [-0.25, -0.2) is 0 Å². The standard InChI is InChI=1S/C44H28/c1-2-10-31-24-34(18-16-29(31)8-1)36-22-21-35-25-33(19-20-37(35)26-36)32-11-7-12-38(27-32)43-28-39-23-17-30-9-3-4-13-40(30)44(39)42-15-6-5-14-41(42)43/h1-28H. The van der Waals surface area contributed by atoms with Gasteiger partial charge in [-0.15, -0.1) is 0 Å². The van der Waals surface area contributed by atoms with Gasteiger partial charge < -0.3 is 0 Å². The molecule has 0 saturated carbocycles. The van der Waals surface area contributed by atoms with Gasteiger partial charge in [-0.05, 0) is 118 Å². The van der Waals surface area contributed by atoms with Crippen molar-refractivity contribution in [2.75, 3.05) is 0 Å². The summed E-state index contributed by atoms with van der Waals surface area (Å²) >= 11 is 0. The molecule has 0 fully saturated rings. The summed E-state index contributed by atoms with van der Waals surface area (Å²) in [6.07, 6.45) is 0. The van der Waals surface area contributed by atoms with E-state index in [1.54, 1.807) is 0 Å². The molecule has 0 radical (unpaired) electrons. The third-order valence-electron chi connectivity index (χ3n) is 9.18. The predicted molar refractivity (Wildman–Crippen MR) is 190 cm³/mol.